The average Bonchev–Trinajstić information content (AvgIpc) is 2.67. The molecule has 0 aliphatic carbocycles. The molecule has 0 amide bonds. The predicted molar refractivity (Wildman–Crippen MR) is 109 cm³/mol. The molecular weight excluding hydrogens is 451 g/mol. The van der Waals surface area contributed by atoms with E-state index in [9.17, 15) is 0 Å². The van der Waals surface area contributed by atoms with Crippen molar-refractivity contribution in [1.82, 2.24) is 9.97 Å². The molecule has 2 rings (SSSR count). The van der Waals surface area contributed by atoms with Crippen molar-refractivity contribution in [3.8, 4) is 23.1 Å². The van der Waals surface area contributed by atoms with Crippen LogP contribution in [0.2, 0.25) is 0 Å². The second kappa shape index (κ2) is 11.9. The van der Waals surface area contributed by atoms with Crippen LogP contribution in [0.15, 0.2) is 18.6 Å². The second-order valence-electron chi connectivity index (χ2n) is 4.38. The molecule has 0 aliphatic rings. The van der Waals surface area contributed by atoms with Crippen molar-refractivity contribution in [3.05, 3.63) is 29.7 Å². The first-order valence-electron chi connectivity index (χ1n) is 7.55. The Morgan fingerprint density at radius 3 is 2.72 bits per heavy atom. The van der Waals surface area contributed by atoms with Gasteiger partial charge in [0.1, 0.15) is 12.6 Å². The van der Waals surface area contributed by atoms with Gasteiger partial charge >= 0.3 is 0 Å². The molecule has 0 radical (unpaired) electrons. The number of hydrogen-bond donors (Lipinski definition) is 1. The van der Waals surface area contributed by atoms with Gasteiger partial charge in [-0.1, -0.05) is 13.8 Å². The SMILES string of the molecule is CC.COCCOc1ncc2cncc(C(N)C#N)c2c1C#CSI. The molecule has 2 N–H and O–H groups in total. The Balaban J connectivity index is 0.00000151. The van der Waals surface area contributed by atoms with Crippen molar-refractivity contribution < 1.29 is 9.47 Å². The van der Waals surface area contributed by atoms with E-state index in [-0.39, 0.29) is 0 Å². The Labute approximate surface area is 164 Å². The van der Waals surface area contributed by atoms with E-state index in [4.69, 9.17) is 20.5 Å². The number of nitrogens with two attached hydrogens (primary N) is 1. The van der Waals surface area contributed by atoms with Gasteiger partial charge in [0, 0.05) is 63.2 Å². The highest BCUT2D eigenvalue weighted by Gasteiger charge is 2.17. The lowest BCUT2D eigenvalue weighted by Crippen LogP contribution is -2.11. The van der Waals surface area contributed by atoms with Crippen molar-refractivity contribution in [2.45, 2.75) is 19.9 Å². The molecule has 1 atom stereocenters. The minimum atomic E-state index is -0.798. The summed E-state index contributed by atoms with van der Waals surface area (Å²) in [7, 11) is 2.95. The number of methoxy groups -OCH3 is 1. The van der Waals surface area contributed by atoms with Crippen molar-refractivity contribution in [3.63, 3.8) is 0 Å². The molecule has 0 aliphatic heterocycles. The molecule has 132 valence electrons. The predicted octanol–water partition coefficient (Wildman–Crippen LogP) is 3.60. The minimum Gasteiger partial charge on any atom is -0.474 e. The lowest BCUT2D eigenvalue weighted by Gasteiger charge is -2.13. The molecule has 0 aromatic carbocycles. The Hall–Kier alpha value is -1.59. The van der Waals surface area contributed by atoms with Crippen molar-refractivity contribution in [1.29, 1.82) is 5.26 Å². The van der Waals surface area contributed by atoms with Crippen LogP contribution in [0.4, 0.5) is 0 Å². The fourth-order valence-electron chi connectivity index (χ4n) is 2.00. The van der Waals surface area contributed by atoms with Gasteiger partial charge in [-0.3, -0.25) is 4.98 Å². The number of hydrogen-bond acceptors (Lipinski definition) is 7. The first kappa shape index (κ1) is 21.5. The molecule has 6 nitrogen and oxygen atoms in total. The van der Waals surface area contributed by atoms with E-state index in [2.05, 4.69) is 42.3 Å². The molecule has 0 saturated carbocycles. The zero-order valence-corrected chi connectivity index (χ0v) is 17.2. The van der Waals surface area contributed by atoms with Crippen molar-refractivity contribution in [2.75, 3.05) is 20.3 Å². The molecule has 25 heavy (non-hydrogen) atoms. The van der Waals surface area contributed by atoms with Gasteiger partial charge in [0.2, 0.25) is 5.88 Å². The van der Waals surface area contributed by atoms with E-state index in [1.807, 2.05) is 19.9 Å². The van der Waals surface area contributed by atoms with Crippen LogP contribution in [-0.4, -0.2) is 30.3 Å². The smallest absolute Gasteiger partial charge is 0.230 e. The van der Waals surface area contributed by atoms with Crippen LogP contribution < -0.4 is 10.5 Å². The number of rotatable bonds is 5. The fourth-order valence-corrected chi connectivity index (χ4v) is 2.47. The van der Waals surface area contributed by atoms with E-state index in [1.165, 1.54) is 8.93 Å². The van der Waals surface area contributed by atoms with Crippen LogP contribution in [0.1, 0.15) is 31.0 Å². The number of ether oxygens (including phenoxy) is 2. The topological polar surface area (TPSA) is 94.1 Å². The van der Waals surface area contributed by atoms with Gasteiger partial charge in [-0.15, -0.1) is 0 Å². The quantitative estimate of drug-likeness (QED) is 0.406. The maximum atomic E-state index is 9.15. The van der Waals surface area contributed by atoms with Crippen LogP contribution in [0.3, 0.4) is 0 Å². The van der Waals surface area contributed by atoms with Crippen LogP contribution in [0, 0.1) is 22.5 Å². The van der Waals surface area contributed by atoms with Gasteiger partial charge < -0.3 is 15.2 Å². The number of nitrogens with zero attached hydrogens (tertiary/aromatic N) is 3. The molecule has 1 unspecified atom stereocenters. The first-order chi connectivity index (χ1) is 12.2. The zero-order chi connectivity index (χ0) is 18.7. The normalized spacial score (nSPS) is 10.7. The zero-order valence-electron chi connectivity index (χ0n) is 14.2. The van der Waals surface area contributed by atoms with Crippen LogP contribution in [-0.2, 0) is 4.74 Å². The lowest BCUT2D eigenvalue weighted by atomic mass is 10.00. The first-order valence-corrected chi connectivity index (χ1v) is 10.9. The molecule has 8 heteroatoms. The number of pyridine rings is 2. The lowest BCUT2D eigenvalue weighted by molar-refractivity contribution is 0.143. The van der Waals surface area contributed by atoms with Crippen LogP contribution in [0.5, 0.6) is 5.88 Å². The van der Waals surface area contributed by atoms with Gasteiger partial charge in [0.05, 0.1) is 18.2 Å². The summed E-state index contributed by atoms with van der Waals surface area (Å²) in [6.45, 7) is 4.79. The average molecular weight is 470 g/mol. The van der Waals surface area contributed by atoms with Gasteiger partial charge in [0.15, 0.2) is 0 Å². The summed E-state index contributed by atoms with van der Waals surface area (Å²) in [6.07, 6.45) is 4.88. The molecule has 0 spiro atoms. The van der Waals surface area contributed by atoms with Crippen molar-refractivity contribution in [2.24, 2.45) is 5.73 Å². The summed E-state index contributed by atoms with van der Waals surface area (Å²) in [5, 5.41) is 13.6. The van der Waals surface area contributed by atoms with Gasteiger partial charge in [-0.25, -0.2) is 4.98 Å². The molecule has 2 heterocycles. The second-order valence-corrected chi connectivity index (χ2v) is 6.06. The minimum absolute atomic E-state index is 0.353. The number of fused-ring (bicyclic) bond motifs is 1. The Kier molecular flexibility index (Phi) is 10.2. The molecule has 2 aromatic rings. The van der Waals surface area contributed by atoms with E-state index in [0.29, 0.717) is 30.2 Å². The largest absolute Gasteiger partial charge is 0.474 e. The third kappa shape index (κ3) is 5.72. The Morgan fingerprint density at radius 1 is 1.32 bits per heavy atom. The summed E-state index contributed by atoms with van der Waals surface area (Å²) >= 11 is 2.09. The number of halogens is 1. The Bertz CT molecular complexity index is 799. The van der Waals surface area contributed by atoms with Crippen LogP contribution in [0.25, 0.3) is 10.8 Å². The Morgan fingerprint density at radius 2 is 2.08 bits per heavy atom. The maximum Gasteiger partial charge on any atom is 0.230 e. The molecule has 2 aromatic heterocycles. The number of aromatic nitrogens is 2. The highest BCUT2D eigenvalue weighted by molar-refractivity contribution is 14.2. The fraction of sp³-hybridized carbons (Fsp3) is 0.353. The highest BCUT2D eigenvalue weighted by atomic mass is 127. The van der Waals surface area contributed by atoms with Gasteiger partial charge in [-0.2, -0.15) is 5.26 Å². The summed E-state index contributed by atoms with van der Waals surface area (Å²) in [4.78, 5) is 8.42. The summed E-state index contributed by atoms with van der Waals surface area (Å²) in [5.41, 5.74) is 7.10. The van der Waals surface area contributed by atoms with Crippen molar-refractivity contribution >= 4 is 40.9 Å². The molecule has 0 bridgehead atoms. The standard InChI is InChI=1S/C15H13IN4O2S.C2H6/c1-21-3-4-22-15-11(2-5-23-16)14-10(8-20-15)7-19-9-12(14)13(18)6-17;1-2/h7-9,13H,3-4,18H2,1H3;1-2H3. The third-order valence-electron chi connectivity index (χ3n) is 3.00. The highest BCUT2D eigenvalue weighted by Crippen LogP contribution is 2.30. The summed E-state index contributed by atoms with van der Waals surface area (Å²) in [6, 6.07) is 1.23. The molecule has 0 fully saturated rings. The maximum absolute atomic E-state index is 9.15. The van der Waals surface area contributed by atoms with E-state index < -0.39 is 6.04 Å². The summed E-state index contributed by atoms with van der Waals surface area (Å²) < 4.78 is 10.6. The van der Waals surface area contributed by atoms with E-state index in [1.54, 1.807) is 25.7 Å². The number of nitriles is 1. The third-order valence-corrected chi connectivity index (χ3v) is 3.84. The molecule has 0 saturated heterocycles. The van der Waals surface area contributed by atoms with E-state index >= 15 is 0 Å². The molecular formula is C17H19IN4O2S. The van der Waals surface area contributed by atoms with E-state index in [0.717, 1.165) is 10.8 Å². The van der Waals surface area contributed by atoms with Gasteiger partial charge in [0.25, 0.3) is 0 Å². The van der Waals surface area contributed by atoms with Gasteiger partial charge in [-0.05, 0) is 20.1 Å². The summed E-state index contributed by atoms with van der Waals surface area (Å²) in [5.74, 6) is 3.43. The van der Waals surface area contributed by atoms with Crippen LogP contribution >= 0.6 is 30.1 Å². The monoisotopic (exact) mass is 470 g/mol.